The van der Waals surface area contributed by atoms with Gasteiger partial charge in [0.15, 0.2) is 0 Å². The summed E-state index contributed by atoms with van der Waals surface area (Å²) in [6.07, 6.45) is 0.252. The molecule has 0 aliphatic heterocycles. The Labute approximate surface area is 144 Å². The minimum Gasteiger partial charge on any atom is -0.361 e. The first-order valence-corrected chi connectivity index (χ1v) is 8.43. The van der Waals surface area contributed by atoms with Crippen LogP contribution in [0.25, 0.3) is 0 Å². The molecule has 0 spiro atoms. The molecule has 1 heterocycles. The summed E-state index contributed by atoms with van der Waals surface area (Å²) in [5.74, 6) is 0.693. The van der Waals surface area contributed by atoms with Crippen LogP contribution in [0.1, 0.15) is 37.8 Å². The van der Waals surface area contributed by atoms with E-state index in [1.54, 1.807) is 6.07 Å². The number of carbonyl (C=O) groups is 1. The van der Waals surface area contributed by atoms with Crippen molar-refractivity contribution in [3.63, 3.8) is 0 Å². The van der Waals surface area contributed by atoms with Gasteiger partial charge >= 0.3 is 0 Å². The molecule has 1 aromatic heterocycles. The highest BCUT2D eigenvalue weighted by Crippen LogP contribution is 2.09. The van der Waals surface area contributed by atoms with Gasteiger partial charge < -0.3 is 9.84 Å². The molecule has 5 nitrogen and oxygen atoms in total. The smallest absolute Gasteiger partial charge is 0.226 e. The molecule has 5 heteroatoms. The van der Waals surface area contributed by atoms with Crippen molar-refractivity contribution >= 4 is 5.91 Å². The van der Waals surface area contributed by atoms with Gasteiger partial charge in [-0.3, -0.25) is 9.69 Å². The number of aryl methyl sites for hydroxylation is 1. The number of nitrogens with one attached hydrogen (secondary N) is 1. The molecule has 2 aromatic rings. The fourth-order valence-corrected chi connectivity index (χ4v) is 2.66. The van der Waals surface area contributed by atoms with Crippen LogP contribution < -0.4 is 5.32 Å². The lowest BCUT2D eigenvalue weighted by molar-refractivity contribution is -0.121. The molecule has 2 rings (SSSR count). The monoisotopic (exact) mass is 329 g/mol. The fraction of sp³-hybridized carbons (Fsp3) is 0.474. The van der Waals surface area contributed by atoms with E-state index in [4.69, 9.17) is 4.52 Å². The number of hydrogen-bond acceptors (Lipinski definition) is 4. The molecule has 0 fully saturated rings. The van der Waals surface area contributed by atoms with Gasteiger partial charge in [-0.2, -0.15) is 0 Å². The van der Waals surface area contributed by atoms with Crippen LogP contribution >= 0.6 is 0 Å². The molecule has 0 aliphatic carbocycles. The molecule has 1 amide bonds. The summed E-state index contributed by atoms with van der Waals surface area (Å²) >= 11 is 0. The van der Waals surface area contributed by atoms with E-state index in [0.29, 0.717) is 11.7 Å². The molecule has 0 aliphatic rings. The van der Waals surface area contributed by atoms with Crippen molar-refractivity contribution in [2.45, 2.75) is 52.7 Å². The number of hydrogen-bond donors (Lipinski definition) is 1. The number of amides is 1. The lowest BCUT2D eigenvalue weighted by atomic mass is 10.1. The van der Waals surface area contributed by atoms with Crippen LogP contribution in [0.5, 0.6) is 0 Å². The summed E-state index contributed by atoms with van der Waals surface area (Å²) in [4.78, 5) is 14.5. The summed E-state index contributed by atoms with van der Waals surface area (Å²) in [5, 5.41) is 6.91. The van der Waals surface area contributed by atoms with E-state index >= 15 is 0 Å². The standard InChI is InChI=1S/C19H27N3O2/c1-14(2)22(13-17-8-6-5-7-9-17)12-15(3)20-19(23)11-18-10-16(4)24-21-18/h5-10,14-15H,11-13H2,1-4H3,(H,20,23). The normalized spacial score (nSPS) is 12.6. The zero-order valence-electron chi connectivity index (χ0n) is 15.0. The highest BCUT2D eigenvalue weighted by molar-refractivity contribution is 5.78. The average molecular weight is 329 g/mol. The molecule has 1 N–H and O–H groups in total. The third-order valence-corrected chi connectivity index (χ3v) is 3.89. The Bertz CT molecular complexity index is 637. The maximum Gasteiger partial charge on any atom is 0.226 e. The number of benzene rings is 1. The number of rotatable bonds is 8. The van der Waals surface area contributed by atoms with Gasteiger partial charge in [-0.25, -0.2) is 0 Å². The summed E-state index contributed by atoms with van der Waals surface area (Å²) in [7, 11) is 0. The van der Waals surface area contributed by atoms with Gasteiger partial charge in [-0.1, -0.05) is 35.5 Å². The first-order valence-electron chi connectivity index (χ1n) is 8.43. The molecule has 24 heavy (non-hydrogen) atoms. The van der Waals surface area contributed by atoms with Gasteiger partial charge in [0, 0.05) is 31.2 Å². The van der Waals surface area contributed by atoms with Crippen molar-refractivity contribution in [1.82, 2.24) is 15.4 Å². The van der Waals surface area contributed by atoms with Crippen molar-refractivity contribution in [3.8, 4) is 0 Å². The average Bonchev–Trinajstić information content (AvgIpc) is 2.92. The first-order chi connectivity index (χ1) is 11.4. The Balaban J connectivity index is 1.85. The van der Waals surface area contributed by atoms with E-state index in [1.807, 2.05) is 19.9 Å². The van der Waals surface area contributed by atoms with E-state index in [-0.39, 0.29) is 18.4 Å². The largest absolute Gasteiger partial charge is 0.361 e. The van der Waals surface area contributed by atoms with Crippen LogP contribution in [0.4, 0.5) is 0 Å². The third kappa shape index (κ3) is 5.81. The van der Waals surface area contributed by atoms with Gasteiger partial charge in [-0.15, -0.1) is 0 Å². The zero-order chi connectivity index (χ0) is 17.5. The van der Waals surface area contributed by atoms with Crippen LogP contribution in [0.3, 0.4) is 0 Å². The van der Waals surface area contributed by atoms with Crippen LogP contribution in [0, 0.1) is 6.92 Å². The summed E-state index contributed by atoms with van der Waals surface area (Å²) < 4.78 is 4.99. The Morgan fingerprint density at radius 2 is 1.96 bits per heavy atom. The fourth-order valence-electron chi connectivity index (χ4n) is 2.66. The summed E-state index contributed by atoms with van der Waals surface area (Å²) in [5.41, 5.74) is 1.95. The minimum atomic E-state index is -0.0285. The van der Waals surface area contributed by atoms with E-state index in [9.17, 15) is 4.79 Å². The predicted octanol–water partition coefficient (Wildman–Crippen LogP) is 2.94. The maximum absolute atomic E-state index is 12.1. The number of nitrogens with zero attached hydrogens (tertiary/aromatic N) is 2. The molecule has 0 saturated carbocycles. The highest BCUT2D eigenvalue weighted by Gasteiger charge is 2.16. The molecule has 130 valence electrons. The van der Waals surface area contributed by atoms with E-state index < -0.39 is 0 Å². The molecule has 1 aromatic carbocycles. The maximum atomic E-state index is 12.1. The van der Waals surface area contributed by atoms with Crippen LogP contribution in [0.2, 0.25) is 0 Å². The topological polar surface area (TPSA) is 58.4 Å². The zero-order valence-corrected chi connectivity index (χ0v) is 15.0. The van der Waals surface area contributed by atoms with Crippen molar-refractivity contribution in [2.75, 3.05) is 6.54 Å². The molecule has 0 bridgehead atoms. The van der Waals surface area contributed by atoms with E-state index in [1.165, 1.54) is 5.56 Å². The predicted molar refractivity (Wildman–Crippen MR) is 94.5 cm³/mol. The molecule has 0 saturated heterocycles. The second-order valence-corrected chi connectivity index (χ2v) is 6.58. The first kappa shape index (κ1) is 18.2. The van der Waals surface area contributed by atoms with E-state index in [2.05, 4.69) is 53.5 Å². The lowest BCUT2D eigenvalue weighted by Crippen LogP contribution is -2.44. The van der Waals surface area contributed by atoms with Gasteiger partial charge in [-0.05, 0) is 33.3 Å². The van der Waals surface area contributed by atoms with E-state index in [0.717, 1.165) is 18.8 Å². The number of carbonyl (C=O) groups excluding carboxylic acids is 1. The van der Waals surface area contributed by atoms with Crippen LogP contribution in [-0.4, -0.2) is 34.6 Å². The Hall–Kier alpha value is -2.14. The van der Waals surface area contributed by atoms with Gasteiger partial charge in [0.1, 0.15) is 5.76 Å². The second kappa shape index (κ2) is 8.64. The summed E-state index contributed by atoms with van der Waals surface area (Å²) in [6, 6.07) is 12.7. The Kier molecular flexibility index (Phi) is 6.55. The van der Waals surface area contributed by atoms with Crippen molar-refractivity contribution in [2.24, 2.45) is 0 Å². The van der Waals surface area contributed by atoms with Crippen molar-refractivity contribution in [1.29, 1.82) is 0 Å². The van der Waals surface area contributed by atoms with Crippen molar-refractivity contribution in [3.05, 3.63) is 53.4 Å². The Morgan fingerprint density at radius 3 is 2.54 bits per heavy atom. The molecule has 1 unspecified atom stereocenters. The SMILES string of the molecule is Cc1cc(CC(=O)NC(C)CN(Cc2ccccc2)C(C)C)no1. The van der Waals surface area contributed by atoms with Crippen molar-refractivity contribution < 1.29 is 9.32 Å². The Morgan fingerprint density at radius 1 is 1.25 bits per heavy atom. The molecular formula is C19H27N3O2. The highest BCUT2D eigenvalue weighted by atomic mass is 16.5. The van der Waals surface area contributed by atoms with Crippen LogP contribution in [-0.2, 0) is 17.8 Å². The lowest BCUT2D eigenvalue weighted by Gasteiger charge is -2.29. The second-order valence-electron chi connectivity index (χ2n) is 6.58. The summed E-state index contributed by atoms with van der Waals surface area (Å²) in [6.45, 7) is 9.89. The molecular weight excluding hydrogens is 302 g/mol. The quantitative estimate of drug-likeness (QED) is 0.809. The molecule has 1 atom stereocenters. The number of aromatic nitrogens is 1. The third-order valence-electron chi connectivity index (χ3n) is 3.89. The van der Waals surface area contributed by atoms with Gasteiger partial charge in [0.25, 0.3) is 0 Å². The van der Waals surface area contributed by atoms with Crippen LogP contribution in [0.15, 0.2) is 40.9 Å². The minimum absolute atomic E-state index is 0.0285. The molecule has 0 radical (unpaired) electrons. The van der Waals surface area contributed by atoms with Gasteiger partial charge in [0.05, 0.1) is 12.1 Å². The van der Waals surface area contributed by atoms with Gasteiger partial charge in [0.2, 0.25) is 5.91 Å².